The molecule has 59 heavy (non-hydrogen) atoms. The van der Waals surface area contributed by atoms with Crippen molar-refractivity contribution in [2.45, 2.75) is 226 Å². The Bertz CT molecular complexity index is 767. The summed E-state index contributed by atoms with van der Waals surface area (Å²) in [6.45, 7) is 16.5. The van der Waals surface area contributed by atoms with Crippen molar-refractivity contribution in [2.24, 2.45) is 0 Å². The van der Waals surface area contributed by atoms with Gasteiger partial charge in [0, 0.05) is 52.4 Å². The summed E-state index contributed by atoms with van der Waals surface area (Å²) in [6, 6.07) is 0. The molecule has 352 valence electrons. The van der Waals surface area contributed by atoms with E-state index < -0.39 is 0 Å². The molecule has 0 saturated carbocycles. The molecular weight excluding hydrogens is 747 g/mol. The van der Waals surface area contributed by atoms with Gasteiger partial charge in [-0.15, -0.1) is 0 Å². The summed E-state index contributed by atoms with van der Waals surface area (Å²) in [5.41, 5.74) is 0. The lowest BCUT2D eigenvalue weighted by Gasteiger charge is -2.22. The largest absolute Gasteiger partial charge is 0.457 e. The standard InChI is InChI=1S/C49H97NO9/c1-5-9-13-27-38-54-42-46(43-55-39-28-14-10-6-2)58-48(52)32-23-19-17-21-25-34-50(36-31-37-51)35-26-22-18-20-24-33-49(53)59-47(44-56-40-29-15-11-7-3)45-57-41-30-16-12-8-4/h46-47,51H,5-45H2,1-4H3. The molecule has 0 saturated heterocycles. The molecule has 0 atom stereocenters. The SMILES string of the molecule is CCCCCCOCC(COCCCCCC)OC(=O)CCCCCCCN(CCCO)CCCCCCCC(=O)OC(COCCCCCC)COCCCCCC. The lowest BCUT2D eigenvalue weighted by atomic mass is 10.1. The highest BCUT2D eigenvalue weighted by atomic mass is 16.6. The van der Waals surface area contributed by atoms with E-state index in [1.165, 1.54) is 77.0 Å². The minimum absolute atomic E-state index is 0.147. The van der Waals surface area contributed by atoms with E-state index in [1.54, 1.807) is 0 Å². The van der Waals surface area contributed by atoms with Crippen LogP contribution in [-0.4, -0.2) is 113 Å². The molecule has 1 N–H and O–H groups in total. The maximum atomic E-state index is 12.7. The molecule has 10 nitrogen and oxygen atoms in total. The highest BCUT2D eigenvalue weighted by molar-refractivity contribution is 5.69. The predicted molar refractivity (Wildman–Crippen MR) is 243 cm³/mol. The molecule has 0 aliphatic carbocycles. The number of hydrogen-bond acceptors (Lipinski definition) is 10. The molecule has 0 rings (SSSR count). The Balaban J connectivity index is 4.29. The molecule has 0 heterocycles. The normalized spacial score (nSPS) is 11.7. The zero-order valence-electron chi connectivity index (χ0n) is 39.3. The fraction of sp³-hybridized carbons (Fsp3) is 0.959. The van der Waals surface area contributed by atoms with Gasteiger partial charge in [-0.05, 0) is 70.9 Å². The van der Waals surface area contributed by atoms with E-state index in [0.29, 0.717) is 65.7 Å². The van der Waals surface area contributed by atoms with Crippen LogP contribution < -0.4 is 0 Å². The molecule has 0 fully saturated rings. The van der Waals surface area contributed by atoms with Crippen LogP contribution in [0.3, 0.4) is 0 Å². The number of aliphatic hydroxyl groups excluding tert-OH is 1. The smallest absolute Gasteiger partial charge is 0.306 e. The summed E-state index contributed by atoms with van der Waals surface area (Å²) < 4.78 is 35.0. The van der Waals surface area contributed by atoms with Crippen LogP contribution in [0.2, 0.25) is 0 Å². The van der Waals surface area contributed by atoms with Gasteiger partial charge in [-0.25, -0.2) is 0 Å². The molecule has 0 radical (unpaired) electrons. The van der Waals surface area contributed by atoms with Crippen LogP contribution >= 0.6 is 0 Å². The third kappa shape index (κ3) is 43.2. The Hall–Kier alpha value is -1.30. The maximum Gasteiger partial charge on any atom is 0.306 e. The molecule has 0 amide bonds. The molecule has 0 aliphatic heterocycles. The molecule has 10 heteroatoms. The van der Waals surface area contributed by atoms with Crippen molar-refractivity contribution in [2.75, 3.05) is 79.1 Å². The number of ether oxygens (including phenoxy) is 6. The van der Waals surface area contributed by atoms with Gasteiger partial charge in [0.2, 0.25) is 0 Å². The Morgan fingerprint density at radius 2 is 0.678 bits per heavy atom. The van der Waals surface area contributed by atoms with Gasteiger partial charge in [0.05, 0.1) is 26.4 Å². The quantitative estimate of drug-likeness (QED) is 0.0469. The van der Waals surface area contributed by atoms with Gasteiger partial charge in [-0.2, -0.15) is 0 Å². The molecule has 0 aromatic carbocycles. The zero-order valence-corrected chi connectivity index (χ0v) is 39.3. The van der Waals surface area contributed by atoms with Gasteiger partial charge >= 0.3 is 11.9 Å². The van der Waals surface area contributed by atoms with Crippen molar-refractivity contribution in [3.63, 3.8) is 0 Å². The Morgan fingerprint density at radius 1 is 0.390 bits per heavy atom. The van der Waals surface area contributed by atoms with Crippen molar-refractivity contribution < 1.29 is 43.1 Å². The number of aliphatic hydroxyl groups is 1. The minimum Gasteiger partial charge on any atom is -0.457 e. The second-order valence-corrected chi connectivity index (χ2v) is 16.7. The average Bonchev–Trinajstić information content (AvgIpc) is 3.23. The predicted octanol–water partition coefficient (Wildman–Crippen LogP) is 11.6. The molecule has 0 aromatic rings. The first-order chi connectivity index (χ1) is 29.0. The number of carbonyl (C=O) groups is 2. The van der Waals surface area contributed by atoms with E-state index >= 15 is 0 Å². The lowest BCUT2D eigenvalue weighted by molar-refractivity contribution is -0.157. The second kappa shape index (κ2) is 47.7. The molecular formula is C49H97NO9. The molecule has 0 aliphatic rings. The molecule has 0 aromatic heterocycles. The number of rotatable bonds is 49. The Kier molecular flexibility index (Phi) is 46.7. The highest BCUT2D eigenvalue weighted by Gasteiger charge is 2.17. The van der Waals surface area contributed by atoms with Gasteiger partial charge in [0.25, 0.3) is 0 Å². The topological polar surface area (TPSA) is 113 Å². The fourth-order valence-corrected chi connectivity index (χ4v) is 7.00. The molecule has 0 spiro atoms. The number of hydrogen-bond donors (Lipinski definition) is 1. The third-order valence-electron chi connectivity index (χ3n) is 10.7. The highest BCUT2D eigenvalue weighted by Crippen LogP contribution is 2.13. The third-order valence-corrected chi connectivity index (χ3v) is 10.7. The van der Waals surface area contributed by atoms with Crippen molar-refractivity contribution in [3.8, 4) is 0 Å². The lowest BCUT2D eigenvalue weighted by Crippen LogP contribution is -2.29. The van der Waals surface area contributed by atoms with Gasteiger partial charge in [0.15, 0.2) is 0 Å². The summed E-state index contributed by atoms with van der Waals surface area (Å²) >= 11 is 0. The first-order valence-electron chi connectivity index (χ1n) is 25.0. The van der Waals surface area contributed by atoms with Gasteiger partial charge in [0.1, 0.15) is 12.2 Å². The van der Waals surface area contributed by atoms with E-state index in [2.05, 4.69) is 32.6 Å². The first kappa shape index (κ1) is 57.7. The van der Waals surface area contributed by atoms with E-state index in [4.69, 9.17) is 28.4 Å². The Labute approximate surface area is 364 Å². The van der Waals surface area contributed by atoms with Gasteiger partial charge < -0.3 is 38.4 Å². The molecule has 0 bridgehead atoms. The second-order valence-electron chi connectivity index (χ2n) is 16.7. The van der Waals surface area contributed by atoms with Crippen LogP contribution in [-0.2, 0) is 38.0 Å². The van der Waals surface area contributed by atoms with Crippen molar-refractivity contribution in [1.82, 2.24) is 4.90 Å². The van der Waals surface area contributed by atoms with Crippen molar-refractivity contribution in [1.29, 1.82) is 0 Å². The maximum absolute atomic E-state index is 12.7. The van der Waals surface area contributed by atoms with E-state index in [-0.39, 0.29) is 30.8 Å². The van der Waals surface area contributed by atoms with Gasteiger partial charge in [-0.3, -0.25) is 9.59 Å². The summed E-state index contributed by atoms with van der Waals surface area (Å²) in [6.07, 6.45) is 30.0. The van der Waals surface area contributed by atoms with Crippen molar-refractivity contribution >= 4 is 11.9 Å². The average molecular weight is 844 g/mol. The summed E-state index contributed by atoms with van der Waals surface area (Å²) in [7, 11) is 0. The van der Waals surface area contributed by atoms with Crippen LogP contribution in [0.5, 0.6) is 0 Å². The number of esters is 2. The van der Waals surface area contributed by atoms with Crippen LogP contribution in [0.15, 0.2) is 0 Å². The summed E-state index contributed by atoms with van der Waals surface area (Å²) in [5, 5.41) is 9.45. The summed E-state index contributed by atoms with van der Waals surface area (Å²) in [5.74, 6) is -0.295. The van der Waals surface area contributed by atoms with Crippen molar-refractivity contribution in [3.05, 3.63) is 0 Å². The number of unbranched alkanes of at least 4 members (excludes halogenated alkanes) is 20. The van der Waals surface area contributed by atoms with Gasteiger partial charge in [-0.1, -0.05) is 143 Å². The monoisotopic (exact) mass is 844 g/mol. The van der Waals surface area contributed by atoms with Crippen LogP contribution in [0, 0.1) is 0 Å². The van der Waals surface area contributed by atoms with Crippen LogP contribution in [0.4, 0.5) is 0 Å². The van der Waals surface area contributed by atoms with E-state index in [0.717, 1.165) is 116 Å². The first-order valence-corrected chi connectivity index (χ1v) is 25.0. The molecule has 0 unspecified atom stereocenters. The summed E-state index contributed by atoms with van der Waals surface area (Å²) in [4.78, 5) is 27.8. The number of nitrogens with zero attached hydrogens (tertiary/aromatic N) is 1. The fourth-order valence-electron chi connectivity index (χ4n) is 7.00. The van der Waals surface area contributed by atoms with Crippen LogP contribution in [0.1, 0.15) is 214 Å². The Morgan fingerprint density at radius 3 is 1.00 bits per heavy atom. The number of carbonyl (C=O) groups excluding carboxylic acids is 2. The van der Waals surface area contributed by atoms with E-state index in [1.807, 2.05) is 0 Å². The minimum atomic E-state index is -0.336. The van der Waals surface area contributed by atoms with E-state index in [9.17, 15) is 14.7 Å². The van der Waals surface area contributed by atoms with Crippen LogP contribution in [0.25, 0.3) is 0 Å². The zero-order chi connectivity index (χ0) is 43.1.